The van der Waals surface area contributed by atoms with Gasteiger partial charge in [-0.3, -0.25) is 0 Å². The van der Waals surface area contributed by atoms with Crippen molar-refractivity contribution in [3.8, 4) is 10.6 Å². The van der Waals surface area contributed by atoms with Gasteiger partial charge in [0.25, 0.3) is 0 Å². The number of halogens is 7. The molecule has 0 fully saturated rings. The van der Waals surface area contributed by atoms with Crippen molar-refractivity contribution in [2.24, 2.45) is 0 Å². The molecule has 3 heterocycles. The van der Waals surface area contributed by atoms with Gasteiger partial charge in [-0.05, 0) is 23.6 Å². The summed E-state index contributed by atoms with van der Waals surface area (Å²) in [5, 5.41) is 19.2. The van der Waals surface area contributed by atoms with Gasteiger partial charge in [-0.2, -0.15) is 17.6 Å². The second-order valence-corrected chi connectivity index (χ2v) is 14.4. The molecule has 1 aromatic carbocycles. The molecule has 0 radical (unpaired) electrons. The number of thiophene rings is 1. The Balaban J connectivity index is 0.000000220. The van der Waals surface area contributed by atoms with Crippen molar-refractivity contribution < 1.29 is 26.3 Å². The highest BCUT2D eigenvalue weighted by molar-refractivity contribution is 8.03. The first-order valence-electron chi connectivity index (χ1n) is 10.9. The first-order valence-corrected chi connectivity index (χ1v) is 16.8. The van der Waals surface area contributed by atoms with Crippen LogP contribution in [0.2, 0.25) is 5.02 Å². The molecule has 0 aliphatic rings. The van der Waals surface area contributed by atoms with E-state index in [-0.39, 0.29) is 24.3 Å². The SMILES string of the molecule is FC(F)=C(F)CCSc1nnc(-c2ccc(Cl)cc2)s1.FC(F)=C(F)CCSc1nnc(SCc2cccs2)s1. The number of allylic oxidation sites excluding steroid dienone is 2. The molecule has 4 nitrogen and oxygen atoms in total. The van der Waals surface area contributed by atoms with Crippen LogP contribution in [-0.4, -0.2) is 31.9 Å². The molecule has 0 saturated carbocycles. The molecule has 3 aromatic heterocycles. The molecule has 0 aliphatic carbocycles. The van der Waals surface area contributed by atoms with Gasteiger partial charge in [0.1, 0.15) is 5.01 Å². The van der Waals surface area contributed by atoms with Crippen LogP contribution < -0.4 is 0 Å². The molecule has 0 aliphatic heterocycles. The Kier molecular flexibility index (Phi) is 14.3. The summed E-state index contributed by atoms with van der Waals surface area (Å²) < 4.78 is 74.8. The van der Waals surface area contributed by atoms with Crippen molar-refractivity contribution in [1.82, 2.24) is 20.4 Å². The molecule has 0 atom stereocenters. The van der Waals surface area contributed by atoms with Crippen LogP contribution in [0.15, 0.2) is 78.6 Å². The summed E-state index contributed by atoms with van der Waals surface area (Å²) in [6.45, 7) is 0. The summed E-state index contributed by atoms with van der Waals surface area (Å²) in [5.41, 5.74) is 0.875. The van der Waals surface area contributed by atoms with Crippen LogP contribution in [0.1, 0.15) is 17.7 Å². The van der Waals surface area contributed by atoms with Crippen LogP contribution in [0.4, 0.5) is 26.3 Å². The lowest BCUT2D eigenvalue weighted by Gasteiger charge is -1.95. The summed E-state index contributed by atoms with van der Waals surface area (Å²) >= 11 is 14.2. The van der Waals surface area contributed by atoms with Gasteiger partial charge in [-0.1, -0.05) is 87.8 Å². The molecule has 0 bridgehead atoms. The molecule has 4 rings (SSSR count). The Morgan fingerprint density at radius 1 is 0.700 bits per heavy atom. The maximum absolute atomic E-state index is 12.6. The molecule has 17 heteroatoms. The van der Waals surface area contributed by atoms with Gasteiger partial charge in [0.15, 0.2) is 24.7 Å². The van der Waals surface area contributed by atoms with E-state index in [1.807, 2.05) is 23.6 Å². The van der Waals surface area contributed by atoms with Crippen LogP contribution in [0, 0.1) is 0 Å². The van der Waals surface area contributed by atoms with Gasteiger partial charge in [0, 0.05) is 45.6 Å². The van der Waals surface area contributed by atoms with Gasteiger partial charge in [-0.15, -0.1) is 31.7 Å². The van der Waals surface area contributed by atoms with Crippen molar-refractivity contribution in [3.63, 3.8) is 0 Å². The molecule has 4 aromatic rings. The normalized spacial score (nSPS) is 10.7. The maximum atomic E-state index is 12.6. The van der Waals surface area contributed by atoms with E-state index in [9.17, 15) is 26.3 Å². The Bertz CT molecular complexity index is 1390. The second kappa shape index (κ2) is 17.4. The highest BCUT2D eigenvalue weighted by atomic mass is 35.5. The van der Waals surface area contributed by atoms with Crippen molar-refractivity contribution in [2.45, 2.75) is 31.6 Å². The van der Waals surface area contributed by atoms with E-state index >= 15 is 0 Å². The van der Waals surface area contributed by atoms with E-state index in [4.69, 9.17) is 11.6 Å². The summed E-state index contributed by atoms with van der Waals surface area (Å²) in [6, 6.07) is 11.2. The Labute approximate surface area is 255 Å². The Morgan fingerprint density at radius 2 is 1.25 bits per heavy atom. The molecule has 0 amide bonds. The molecular formula is C23H17ClF6N4S6. The molecule has 0 saturated heterocycles. The molecule has 40 heavy (non-hydrogen) atoms. The third-order valence-corrected chi connectivity index (χ3v) is 11.0. The van der Waals surface area contributed by atoms with E-state index in [2.05, 4.69) is 26.5 Å². The first-order chi connectivity index (χ1) is 19.2. The van der Waals surface area contributed by atoms with E-state index < -0.39 is 23.8 Å². The fourth-order valence-electron chi connectivity index (χ4n) is 2.46. The van der Waals surface area contributed by atoms with Gasteiger partial charge in [-0.25, -0.2) is 8.78 Å². The third-order valence-electron chi connectivity index (χ3n) is 4.31. The summed E-state index contributed by atoms with van der Waals surface area (Å²) in [5.74, 6) is -1.47. The number of thioether (sulfide) groups is 3. The van der Waals surface area contributed by atoms with Gasteiger partial charge in [0.05, 0.1) is 0 Å². The zero-order valence-corrected chi connectivity index (χ0v) is 25.6. The summed E-state index contributed by atoms with van der Waals surface area (Å²) in [6.07, 6.45) is -5.10. The third kappa shape index (κ3) is 11.7. The smallest absolute Gasteiger partial charge is 0.206 e. The molecule has 0 N–H and O–H groups in total. The minimum Gasteiger partial charge on any atom is -0.206 e. The molecule has 214 valence electrons. The van der Waals surface area contributed by atoms with Crippen LogP contribution in [0.25, 0.3) is 10.6 Å². The average Bonchev–Trinajstić information content (AvgIpc) is 3.71. The fraction of sp³-hybridized carbons (Fsp3) is 0.217. The monoisotopic (exact) mass is 690 g/mol. The predicted molar refractivity (Wildman–Crippen MR) is 156 cm³/mol. The number of nitrogens with zero attached hydrogens (tertiary/aromatic N) is 4. The van der Waals surface area contributed by atoms with Crippen LogP contribution in [-0.2, 0) is 5.75 Å². The second-order valence-electron chi connectivity index (χ2n) is 7.11. The van der Waals surface area contributed by atoms with Crippen molar-refractivity contribution in [1.29, 1.82) is 0 Å². The van der Waals surface area contributed by atoms with E-state index in [0.717, 1.165) is 15.7 Å². The summed E-state index contributed by atoms with van der Waals surface area (Å²) in [4.78, 5) is 1.25. The minimum absolute atomic E-state index is 0.193. The van der Waals surface area contributed by atoms with Crippen molar-refractivity contribution in [2.75, 3.05) is 11.5 Å². The maximum Gasteiger partial charge on any atom is 0.301 e. The lowest BCUT2D eigenvalue weighted by Crippen LogP contribution is -1.82. The zero-order valence-electron chi connectivity index (χ0n) is 20.0. The number of hydrogen-bond donors (Lipinski definition) is 0. The number of benzene rings is 1. The fourth-order valence-corrected chi connectivity index (χ4v) is 8.24. The zero-order chi connectivity index (χ0) is 28.9. The topological polar surface area (TPSA) is 51.6 Å². The number of aromatic nitrogens is 4. The Morgan fingerprint density at radius 3 is 1.80 bits per heavy atom. The molecular weight excluding hydrogens is 674 g/mol. The lowest BCUT2D eigenvalue weighted by atomic mass is 10.2. The van der Waals surface area contributed by atoms with Crippen LogP contribution in [0.5, 0.6) is 0 Å². The lowest BCUT2D eigenvalue weighted by molar-refractivity contribution is 0.373. The molecule has 0 spiro atoms. The van der Waals surface area contributed by atoms with Gasteiger partial charge in [0.2, 0.25) is 0 Å². The highest BCUT2D eigenvalue weighted by Crippen LogP contribution is 2.33. The highest BCUT2D eigenvalue weighted by Gasteiger charge is 2.11. The van der Waals surface area contributed by atoms with Crippen LogP contribution in [0.3, 0.4) is 0 Å². The van der Waals surface area contributed by atoms with E-state index in [0.29, 0.717) is 18.7 Å². The number of hydrogen-bond acceptors (Lipinski definition) is 10. The predicted octanol–water partition coefficient (Wildman–Crippen LogP) is 10.9. The van der Waals surface area contributed by atoms with E-state index in [1.165, 1.54) is 51.1 Å². The average molecular weight is 691 g/mol. The summed E-state index contributed by atoms with van der Waals surface area (Å²) in [7, 11) is 0. The molecule has 0 unspecified atom stereocenters. The minimum atomic E-state index is -2.26. The van der Waals surface area contributed by atoms with Crippen LogP contribution >= 0.6 is 80.9 Å². The first kappa shape index (κ1) is 32.9. The quantitative estimate of drug-likeness (QED) is 0.108. The van der Waals surface area contributed by atoms with Crippen molar-refractivity contribution >= 4 is 80.9 Å². The largest absolute Gasteiger partial charge is 0.301 e. The van der Waals surface area contributed by atoms with Gasteiger partial charge >= 0.3 is 12.2 Å². The standard InChI is InChI=1S/C12H8ClF3N2S2.C11H9F3N2S4/c13-8-3-1-7(2-4-8)11-17-18-12(20-11)19-6-5-9(14)10(15)16;12-8(9(13)14)3-5-18-10-15-16-11(20-10)19-6-7-2-1-4-17-7/h1-4H,5-6H2;1-2,4H,3,5-6H2. The van der Waals surface area contributed by atoms with Gasteiger partial charge < -0.3 is 0 Å². The van der Waals surface area contributed by atoms with Crippen molar-refractivity contribution in [3.05, 3.63) is 75.5 Å². The van der Waals surface area contributed by atoms with E-state index in [1.54, 1.807) is 35.2 Å². The Hall–Kier alpha value is -1.56. The number of rotatable bonds is 12.